The van der Waals surface area contributed by atoms with Crippen LogP contribution in [0.25, 0.3) is 11.0 Å². The molecule has 226 valence electrons. The molecular formula is C33H29ClN2O8. The predicted molar refractivity (Wildman–Crippen MR) is 163 cm³/mol. The van der Waals surface area contributed by atoms with Crippen LogP contribution in [-0.4, -0.2) is 55.5 Å². The Morgan fingerprint density at radius 1 is 1.05 bits per heavy atom. The first-order valence-electron chi connectivity index (χ1n) is 14.1. The number of imide groups is 1. The molecule has 0 aliphatic carbocycles. The van der Waals surface area contributed by atoms with E-state index in [4.69, 9.17) is 35.3 Å². The van der Waals surface area contributed by atoms with Crippen molar-refractivity contribution in [1.82, 2.24) is 0 Å². The molecule has 44 heavy (non-hydrogen) atoms. The van der Waals surface area contributed by atoms with Gasteiger partial charge in [0.25, 0.3) is 17.7 Å². The van der Waals surface area contributed by atoms with Gasteiger partial charge in [0.05, 0.1) is 49.5 Å². The number of aryl methyl sites for hydroxylation is 1. The van der Waals surface area contributed by atoms with Crippen molar-refractivity contribution in [1.29, 1.82) is 0 Å². The number of carbonyl (C=O) groups excluding carboxylic acids is 3. The summed E-state index contributed by atoms with van der Waals surface area (Å²) in [6.07, 6.45) is 3.15. The van der Waals surface area contributed by atoms with E-state index in [0.29, 0.717) is 28.4 Å². The Labute approximate surface area is 257 Å². The smallest absolute Gasteiger partial charge is 0.290 e. The van der Waals surface area contributed by atoms with Crippen LogP contribution in [0.2, 0.25) is 5.02 Å². The van der Waals surface area contributed by atoms with Gasteiger partial charge in [-0.15, -0.1) is 0 Å². The van der Waals surface area contributed by atoms with Crippen LogP contribution in [0.5, 0.6) is 0 Å². The van der Waals surface area contributed by atoms with Crippen molar-refractivity contribution in [2.75, 3.05) is 36.6 Å². The number of rotatable bonds is 10. The summed E-state index contributed by atoms with van der Waals surface area (Å²) in [7, 11) is 0. The minimum absolute atomic E-state index is 0.0757. The number of amides is 3. The van der Waals surface area contributed by atoms with Crippen LogP contribution in [-0.2, 0) is 19.0 Å². The lowest BCUT2D eigenvalue weighted by molar-refractivity contribution is -0.148. The molecule has 0 unspecified atom stereocenters. The highest BCUT2D eigenvalue weighted by Crippen LogP contribution is 2.37. The third kappa shape index (κ3) is 5.85. The van der Waals surface area contributed by atoms with Gasteiger partial charge in [-0.25, -0.2) is 4.90 Å². The van der Waals surface area contributed by atoms with Gasteiger partial charge in [-0.3, -0.25) is 14.4 Å². The second-order valence-corrected chi connectivity index (χ2v) is 10.8. The second-order valence-electron chi connectivity index (χ2n) is 10.4. The predicted octanol–water partition coefficient (Wildman–Crippen LogP) is 5.57. The molecule has 1 aromatic heterocycles. The summed E-state index contributed by atoms with van der Waals surface area (Å²) < 4.78 is 22.9. The largest absolute Gasteiger partial charge is 0.464 e. The van der Waals surface area contributed by atoms with E-state index in [2.05, 4.69) is 5.32 Å². The molecule has 2 atom stereocenters. The zero-order valence-electron chi connectivity index (χ0n) is 23.7. The van der Waals surface area contributed by atoms with Gasteiger partial charge in [0, 0.05) is 34.0 Å². The molecule has 0 fully saturated rings. The number of furan rings is 1. The number of ether oxygens (including phenoxy) is 3. The summed E-state index contributed by atoms with van der Waals surface area (Å²) in [5.41, 5.74) is 3.63. The summed E-state index contributed by atoms with van der Waals surface area (Å²) in [6.45, 7) is 2.34. The van der Waals surface area contributed by atoms with Crippen LogP contribution in [0.4, 0.5) is 11.4 Å². The molecule has 3 heterocycles. The van der Waals surface area contributed by atoms with Crippen LogP contribution in [0, 0.1) is 6.92 Å². The number of hydrogen-bond acceptors (Lipinski definition) is 8. The van der Waals surface area contributed by atoms with Crippen molar-refractivity contribution in [3.63, 3.8) is 0 Å². The highest BCUT2D eigenvalue weighted by molar-refractivity contribution is 6.37. The Morgan fingerprint density at radius 2 is 1.86 bits per heavy atom. The van der Waals surface area contributed by atoms with Crippen LogP contribution < -0.4 is 10.2 Å². The number of aliphatic hydroxyl groups is 1. The second kappa shape index (κ2) is 12.6. The number of nitrogens with one attached hydrogen (secondary N) is 1. The number of anilines is 2. The number of halogens is 1. The summed E-state index contributed by atoms with van der Waals surface area (Å²) in [6, 6.07) is 17.2. The lowest BCUT2D eigenvalue weighted by Crippen LogP contribution is -2.30. The molecule has 0 radical (unpaired) electrons. The van der Waals surface area contributed by atoms with Crippen LogP contribution in [0.3, 0.4) is 0 Å². The number of nitrogens with zero attached hydrogens (tertiary/aromatic N) is 1. The van der Waals surface area contributed by atoms with Gasteiger partial charge >= 0.3 is 0 Å². The molecule has 0 saturated carbocycles. The van der Waals surface area contributed by atoms with Gasteiger partial charge < -0.3 is 29.1 Å². The Bertz CT molecular complexity index is 1780. The van der Waals surface area contributed by atoms with E-state index in [0.717, 1.165) is 21.4 Å². The Morgan fingerprint density at radius 3 is 2.68 bits per heavy atom. The molecular weight excluding hydrogens is 588 g/mol. The van der Waals surface area contributed by atoms with Crippen molar-refractivity contribution in [2.24, 2.45) is 0 Å². The van der Waals surface area contributed by atoms with E-state index in [-0.39, 0.29) is 49.2 Å². The molecule has 0 spiro atoms. The fourth-order valence-electron chi connectivity index (χ4n) is 5.43. The van der Waals surface area contributed by atoms with Crippen molar-refractivity contribution < 1.29 is 38.1 Å². The Balaban J connectivity index is 1.21. The summed E-state index contributed by atoms with van der Waals surface area (Å²) in [4.78, 5) is 40.7. The maximum absolute atomic E-state index is 13.5. The lowest BCUT2D eigenvalue weighted by Gasteiger charge is -2.29. The number of fused-ring (bicyclic) bond motifs is 2. The minimum Gasteiger partial charge on any atom is -0.464 e. The average Bonchev–Trinajstić information content (AvgIpc) is 3.55. The van der Waals surface area contributed by atoms with Gasteiger partial charge in [-0.2, -0.15) is 0 Å². The summed E-state index contributed by atoms with van der Waals surface area (Å²) >= 11 is 6.05. The van der Waals surface area contributed by atoms with Gasteiger partial charge in [0.1, 0.15) is 5.58 Å². The van der Waals surface area contributed by atoms with Gasteiger partial charge in [0.15, 0.2) is 5.76 Å². The number of hydrogen-bond donors (Lipinski definition) is 2. The van der Waals surface area contributed by atoms with Crippen LogP contribution >= 0.6 is 11.6 Å². The first-order chi connectivity index (χ1) is 21.3. The molecule has 0 bridgehead atoms. The van der Waals surface area contributed by atoms with Crippen molar-refractivity contribution in [3.05, 3.63) is 106 Å². The number of allylic oxidation sites excluding steroid dienone is 1. The summed E-state index contributed by atoms with van der Waals surface area (Å²) in [5, 5.41) is 13.1. The van der Waals surface area contributed by atoms with Crippen LogP contribution in [0.1, 0.15) is 44.2 Å². The van der Waals surface area contributed by atoms with E-state index in [1.807, 2.05) is 24.3 Å². The zero-order valence-corrected chi connectivity index (χ0v) is 24.5. The molecule has 10 nitrogen and oxygen atoms in total. The van der Waals surface area contributed by atoms with E-state index in [1.54, 1.807) is 49.6 Å². The van der Waals surface area contributed by atoms with E-state index < -0.39 is 24.0 Å². The Kier molecular flexibility index (Phi) is 8.49. The topological polar surface area (TPSA) is 128 Å². The van der Waals surface area contributed by atoms with Crippen molar-refractivity contribution in [3.8, 4) is 0 Å². The molecule has 2 aliphatic heterocycles. The fraction of sp³-hybridized carbons (Fsp3) is 0.242. The van der Waals surface area contributed by atoms with Gasteiger partial charge in [-0.05, 0) is 61.0 Å². The Hall–Kier alpha value is -4.48. The van der Waals surface area contributed by atoms with Crippen LogP contribution in [0.15, 0.2) is 83.2 Å². The number of carbonyl (C=O) groups is 3. The fourth-order valence-corrected chi connectivity index (χ4v) is 5.61. The molecule has 3 amide bonds. The number of aliphatic hydroxyl groups excluding tert-OH is 1. The normalized spacial score (nSPS) is 17.9. The lowest BCUT2D eigenvalue weighted by atomic mass is 9.92. The molecule has 11 heteroatoms. The first kappa shape index (κ1) is 29.6. The monoisotopic (exact) mass is 616 g/mol. The number of para-hydroxylation sites is 1. The first-order valence-corrected chi connectivity index (χ1v) is 14.5. The quantitative estimate of drug-likeness (QED) is 0.175. The van der Waals surface area contributed by atoms with E-state index in [9.17, 15) is 14.4 Å². The molecule has 6 rings (SSSR count). The van der Waals surface area contributed by atoms with Gasteiger partial charge in [-0.1, -0.05) is 29.8 Å². The third-order valence-electron chi connectivity index (χ3n) is 7.50. The number of benzene rings is 3. The zero-order chi connectivity index (χ0) is 30.8. The average molecular weight is 617 g/mol. The third-order valence-corrected chi connectivity index (χ3v) is 7.74. The van der Waals surface area contributed by atoms with Gasteiger partial charge in [0.2, 0.25) is 6.29 Å². The van der Waals surface area contributed by atoms with Crippen molar-refractivity contribution >= 4 is 51.7 Å². The molecule has 4 aromatic rings. The minimum atomic E-state index is -0.733. The maximum atomic E-state index is 13.5. The van der Waals surface area contributed by atoms with E-state index in [1.165, 1.54) is 6.07 Å². The SMILES string of the molecule is Cc1cc(NC(=O)C2=C[C@H](c3coc4ccccc34)C[C@H](OCCOCCO)O2)ccc1N1C(=O)c2ccc(Cl)cc2C1=O. The maximum Gasteiger partial charge on any atom is 0.290 e. The highest BCUT2D eigenvalue weighted by atomic mass is 35.5. The highest BCUT2D eigenvalue weighted by Gasteiger charge is 2.37. The molecule has 2 N–H and O–H groups in total. The summed E-state index contributed by atoms with van der Waals surface area (Å²) in [5.74, 6) is -1.54. The standard InChI is InChI=1S/C33H29ClN2O8/c1-19-14-22(7-9-27(19)36-32(39)24-8-6-21(34)17-25(24)33(36)40)35-31(38)29-15-20(16-30(44-29)42-13-12-41-11-10-37)26-18-43-28-5-3-2-4-23(26)28/h2-9,14-15,17-18,20,30,37H,10-13,16H2,1H3,(H,35,38)/t20-,30+/m0/s1. The van der Waals surface area contributed by atoms with E-state index >= 15 is 0 Å². The molecule has 0 saturated heterocycles. The molecule has 2 aliphatic rings. The molecule has 3 aromatic carbocycles. The van der Waals surface area contributed by atoms with Crippen molar-refractivity contribution in [2.45, 2.75) is 25.6 Å².